The standard InChI is InChI=1S/C24H21Cl3N2O4/c1-3-32-22-12-16(8-9-21(22)31-2)24(30)29-28-13-15-10-19(26)23(20(27)11-15)33-14-17-6-4-5-7-18(17)25/h4-13H,3,14H2,1-2H3,(H,29,30)/b28-13+. The smallest absolute Gasteiger partial charge is 0.271 e. The second-order valence-electron chi connectivity index (χ2n) is 6.69. The molecule has 3 aromatic carbocycles. The topological polar surface area (TPSA) is 69.2 Å². The van der Waals surface area contributed by atoms with Crippen molar-refractivity contribution < 1.29 is 19.0 Å². The summed E-state index contributed by atoms with van der Waals surface area (Å²) in [6.07, 6.45) is 1.43. The van der Waals surface area contributed by atoms with Crippen LogP contribution in [0.4, 0.5) is 0 Å². The second kappa shape index (κ2) is 11.8. The summed E-state index contributed by atoms with van der Waals surface area (Å²) >= 11 is 18.8. The summed E-state index contributed by atoms with van der Waals surface area (Å²) in [6.45, 7) is 2.51. The number of carbonyl (C=O) groups is 1. The van der Waals surface area contributed by atoms with Gasteiger partial charge in [-0.25, -0.2) is 5.43 Å². The van der Waals surface area contributed by atoms with Gasteiger partial charge in [0.25, 0.3) is 5.91 Å². The molecule has 0 bridgehead atoms. The highest BCUT2D eigenvalue weighted by atomic mass is 35.5. The molecule has 0 heterocycles. The van der Waals surface area contributed by atoms with E-state index in [9.17, 15) is 4.79 Å². The highest BCUT2D eigenvalue weighted by Gasteiger charge is 2.12. The quantitative estimate of drug-likeness (QED) is 0.269. The highest BCUT2D eigenvalue weighted by Crippen LogP contribution is 2.35. The van der Waals surface area contributed by atoms with Gasteiger partial charge in [-0.1, -0.05) is 53.0 Å². The summed E-state index contributed by atoms with van der Waals surface area (Å²) in [5, 5.41) is 5.18. The van der Waals surface area contributed by atoms with Gasteiger partial charge in [-0.2, -0.15) is 5.10 Å². The Morgan fingerprint density at radius 3 is 2.36 bits per heavy atom. The van der Waals surface area contributed by atoms with Crippen LogP contribution >= 0.6 is 34.8 Å². The summed E-state index contributed by atoms with van der Waals surface area (Å²) in [5.41, 5.74) is 4.23. The Hall–Kier alpha value is -2.93. The van der Waals surface area contributed by atoms with Crippen molar-refractivity contribution in [2.24, 2.45) is 5.10 Å². The van der Waals surface area contributed by atoms with Crippen LogP contribution < -0.4 is 19.6 Å². The number of hydrazone groups is 1. The van der Waals surface area contributed by atoms with Crippen molar-refractivity contribution >= 4 is 46.9 Å². The van der Waals surface area contributed by atoms with Gasteiger partial charge >= 0.3 is 0 Å². The molecule has 0 aromatic heterocycles. The minimum atomic E-state index is -0.410. The van der Waals surface area contributed by atoms with E-state index in [0.717, 1.165) is 5.56 Å². The first kappa shape index (κ1) is 24.7. The SMILES string of the molecule is CCOc1cc(C(=O)N/N=C/c2cc(Cl)c(OCc3ccccc3Cl)c(Cl)c2)ccc1OC. The normalized spacial score (nSPS) is 10.8. The van der Waals surface area contributed by atoms with Crippen LogP contribution in [0.15, 0.2) is 59.7 Å². The molecule has 0 atom stereocenters. The van der Waals surface area contributed by atoms with Gasteiger partial charge in [0.15, 0.2) is 17.2 Å². The van der Waals surface area contributed by atoms with E-state index in [1.165, 1.54) is 13.3 Å². The Balaban J connectivity index is 1.66. The van der Waals surface area contributed by atoms with Gasteiger partial charge in [-0.15, -0.1) is 0 Å². The van der Waals surface area contributed by atoms with Gasteiger partial charge < -0.3 is 14.2 Å². The third kappa shape index (κ3) is 6.54. The molecule has 33 heavy (non-hydrogen) atoms. The highest BCUT2D eigenvalue weighted by molar-refractivity contribution is 6.37. The van der Waals surface area contributed by atoms with E-state index in [-0.39, 0.29) is 6.61 Å². The fraction of sp³-hybridized carbons (Fsp3) is 0.167. The number of halogens is 3. The zero-order chi connectivity index (χ0) is 23.8. The van der Waals surface area contributed by atoms with Crippen molar-refractivity contribution in [3.8, 4) is 17.2 Å². The molecule has 0 aliphatic rings. The molecule has 3 rings (SSSR count). The van der Waals surface area contributed by atoms with Crippen molar-refractivity contribution in [2.75, 3.05) is 13.7 Å². The van der Waals surface area contributed by atoms with E-state index in [1.807, 2.05) is 25.1 Å². The van der Waals surface area contributed by atoms with E-state index < -0.39 is 5.91 Å². The summed E-state index contributed by atoms with van der Waals surface area (Å²) in [5.74, 6) is 0.938. The number of methoxy groups -OCH3 is 1. The first-order chi connectivity index (χ1) is 15.9. The molecule has 0 saturated heterocycles. The fourth-order valence-electron chi connectivity index (χ4n) is 2.87. The maximum absolute atomic E-state index is 12.4. The zero-order valence-corrected chi connectivity index (χ0v) is 20.2. The number of amides is 1. The van der Waals surface area contributed by atoms with Crippen molar-refractivity contribution in [3.05, 3.63) is 86.4 Å². The van der Waals surface area contributed by atoms with E-state index in [1.54, 1.807) is 36.4 Å². The molecule has 1 N–H and O–H groups in total. The monoisotopic (exact) mass is 506 g/mol. The minimum Gasteiger partial charge on any atom is -0.493 e. The third-order valence-electron chi connectivity index (χ3n) is 4.46. The molecule has 6 nitrogen and oxygen atoms in total. The number of ether oxygens (including phenoxy) is 3. The maximum Gasteiger partial charge on any atom is 0.271 e. The molecule has 0 saturated carbocycles. The van der Waals surface area contributed by atoms with Crippen LogP contribution in [0.3, 0.4) is 0 Å². The lowest BCUT2D eigenvalue weighted by atomic mass is 10.2. The Labute approximate surface area is 207 Å². The molecule has 0 spiro atoms. The summed E-state index contributed by atoms with van der Waals surface area (Å²) in [7, 11) is 1.53. The molecule has 9 heteroatoms. The maximum atomic E-state index is 12.4. The van der Waals surface area contributed by atoms with E-state index in [4.69, 9.17) is 49.0 Å². The van der Waals surface area contributed by atoms with Crippen LogP contribution in [0, 0.1) is 0 Å². The van der Waals surface area contributed by atoms with Gasteiger partial charge in [0.05, 0.1) is 30.0 Å². The number of carbonyl (C=O) groups excluding carboxylic acids is 1. The van der Waals surface area contributed by atoms with E-state index >= 15 is 0 Å². The molecule has 0 radical (unpaired) electrons. The summed E-state index contributed by atoms with van der Waals surface area (Å²) in [4.78, 5) is 12.4. The van der Waals surface area contributed by atoms with Crippen LogP contribution in [0.1, 0.15) is 28.4 Å². The minimum absolute atomic E-state index is 0.216. The van der Waals surface area contributed by atoms with Crippen molar-refractivity contribution in [1.29, 1.82) is 0 Å². The van der Waals surface area contributed by atoms with Crippen LogP contribution in [0.5, 0.6) is 17.2 Å². The number of rotatable bonds is 9. The van der Waals surface area contributed by atoms with Crippen molar-refractivity contribution in [3.63, 3.8) is 0 Å². The Morgan fingerprint density at radius 1 is 0.970 bits per heavy atom. The first-order valence-corrected chi connectivity index (χ1v) is 11.1. The molecule has 0 aliphatic carbocycles. The molecule has 3 aromatic rings. The Kier molecular flexibility index (Phi) is 8.83. The predicted octanol–water partition coefficient (Wildman–Crippen LogP) is 6.40. The summed E-state index contributed by atoms with van der Waals surface area (Å²) in [6, 6.07) is 15.5. The second-order valence-corrected chi connectivity index (χ2v) is 7.91. The van der Waals surface area contributed by atoms with Crippen molar-refractivity contribution in [1.82, 2.24) is 5.43 Å². The average Bonchev–Trinajstić information content (AvgIpc) is 2.79. The molecule has 0 aliphatic heterocycles. The van der Waals surface area contributed by atoms with Crippen LogP contribution in [-0.4, -0.2) is 25.8 Å². The number of nitrogens with zero attached hydrogens (tertiary/aromatic N) is 1. The predicted molar refractivity (Wildman–Crippen MR) is 131 cm³/mol. The molecular formula is C24H21Cl3N2O4. The largest absolute Gasteiger partial charge is 0.493 e. The van der Waals surface area contributed by atoms with Gasteiger partial charge in [0.1, 0.15) is 6.61 Å². The molecule has 1 amide bonds. The fourth-order valence-corrected chi connectivity index (χ4v) is 3.68. The third-order valence-corrected chi connectivity index (χ3v) is 5.39. The molecule has 0 unspecified atom stereocenters. The molecule has 0 fully saturated rings. The number of hydrogen-bond acceptors (Lipinski definition) is 5. The first-order valence-electron chi connectivity index (χ1n) is 9.92. The van der Waals surface area contributed by atoms with Gasteiger partial charge in [0, 0.05) is 16.1 Å². The zero-order valence-electron chi connectivity index (χ0n) is 17.9. The lowest BCUT2D eigenvalue weighted by Gasteiger charge is -2.12. The number of nitrogens with one attached hydrogen (secondary N) is 1. The summed E-state index contributed by atoms with van der Waals surface area (Å²) < 4.78 is 16.5. The van der Waals surface area contributed by atoms with Crippen LogP contribution in [0.25, 0.3) is 0 Å². The Bertz CT molecular complexity index is 1150. The van der Waals surface area contributed by atoms with Crippen LogP contribution in [-0.2, 0) is 6.61 Å². The molecular weight excluding hydrogens is 487 g/mol. The van der Waals surface area contributed by atoms with Gasteiger partial charge in [0.2, 0.25) is 0 Å². The average molecular weight is 508 g/mol. The van der Waals surface area contributed by atoms with E-state index in [2.05, 4.69) is 10.5 Å². The number of hydrogen-bond donors (Lipinski definition) is 1. The van der Waals surface area contributed by atoms with Crippen molar-refractivity contribution in [2.45, 2.75) is 13.5 Å². The number of benzene rings is 3. The lowest BCUT2D eigenvalue weighted by molar-refractivity contribution is 0.0954. The van der Waals surface area contributed by atoms with E-state index in [0.29, 0.717) is 50.1 Å². The lowest BCUT2D eigenvalue weighted by Crippen LogP contribution is -2.17. The Morgan fingerprint density at radius 2 is 1.70 bits per heavy atom. The molecule has 172 valence electrons. The van der Waals surface area contributed by atoms with Crippen LogP contribution in [0.2, 0.25) is 15.1 Å². The van der Waals surface area contributed by atoms with Gasteiger partial charge in [-0.3, -0.25) is 4.79 Å². The van der Waals surface area contributed by atoms with Gasteiger partial charge in [-0.05, 0) is 48.9 Å².